The van der Waals surface area contributed by atoms with E-state index in [1.165, 1.54) is 0 Å². The van der Waals surface area contributed by atoms with Crippen molar-refractivity contribution in [2.45, 2.75) is 13.0 Å². The second-order valence-electron chi connectivity index (χ2n) is 5.67. The summed E-state index contributed by atoms with van der Waals surface area (Å²) in [6.07, 6.45) is -0.182. The lowest BCUT2D eigenvalue weighted by Crippen LogP contribution is -2.43. The van der Waals surface area contributed by atoms with Crippen molar-refractivity contribution in [2.75, 3.05) is 25.5 Å². The number of nitrogens with one attached hydrogen (secondary N) is 1. The topological polar surface area (TPSA) is 50.8 Å². The first-order chi connectivity index (χ1) is 11.1. The number of anilines is 1. The Kier molecular flexibility index (Phi) is 4.37. The van der Waals surface area contributed by atoms with E-state index in [0.717, 1.165) is 22.7 Å². The Labute approximate surface area is 135 Å². The van der Waals surface area contributed by atoms with E-state index < -0.39 is 0 Å². The highest BCUT2D eigenvalue weighted by Gasteiger charge is 2.23. The van der Waals surface area contributed by atoms with Crippen molar-refractivity contribution in [3.63, 3.8) is 0 Å². The van der Waals surface area contributed by atoms with E-state index in [1.807, 2.05) is 55.5 Å². The predicted molar refractivity (Wildman–Crippen MR) is 89.2 cm³/mol. The van der Waals surface area contributed by atoms with Crippen LogP contribution in [0.5, 0.6) is 11.5 Å². The summed E-state index contributed by atoms with van der Waals surface area (Å²) in [5, 5.41) is 2.87. The predicted octanol–water partition coefficient (Wildman–Crippen LogP) is 3.30. The van der Waals surface area contributed by atoms with Crippen molar-refractivity contribution >= 4 is 11.7 Å². The van der Waals surface area contributed by atoms with Crippen LogP contribution in [0.4, 0.5) is 10.5 Å². The number of carbonyl (C=O) groups excluding carboxylic acids is 1. The third-order valence-electron chi connectivity index (χ3n) is 3.69. The van der Waals surface area contributed by atoms with Crippen LogP contribution in [-0.2, 0) is 0 Å². The molecule has 5 heteroatoms. The minimum Gasteiger partial charge on any atom is -0.486 e. The number of fused-ring (bicyclic) bond motifs is 1. The summed E-state index contributed by atoms with van der Waals surface area (Å²) in [7, 11) is 1.74. The molecule has 0 bridgehead atoms. The normalized spacial score (nSPS) is 15.8. The molecule has 0 saturated carbocycles. The molecule has 3 rings (SSSR count). The van der Waals surface area contributed by atoms with Crippen molar-refractivity contribution in [3.8, 4) is 11.5 Å². The van der Waals surface area contributed by atoms with Gasteiger partial charge < -0.3 is 19.7 Å². The minimum absolute atomic E-state index is 0.170. The Morgan fingerprint density at radius 2 is 1.87 bits per heavy atom. The van der Waals surface area contributed by atoms with E-state index in [1.54, 1.807) is 11.9 Å². The van der Waals surface area contributed by atoms with Crippen LogP contribution in [0, 0.1) is 6.92 Å². The molecular formula is C18H20N2O3. The van der Waals surface area contributed by atoms with Crippen molar-refractivity contribution in [1.29, 1.82) is 0 Å². The van der Waals surface area contributed by atoms with E-state index in [4.69, 9.17) is 9.47 Å². The maximum Gasteiger partial charge on any atom is 0.321 e. The molecule has 1 heterocycles. The van der Waals surface area contributed by atoms with Crippen LogP contribution in [0.25, 0.3) is 0 Å². The third-order valence-corrected chi connectivity index (χ3v) is 3.69. The van der Waals surface area contributed by atoms with Gasteiger partial charge in [0.15, 0.2) is 17.6 Å². The molecule has 2 aromatic rings. The Balaban J connectivity index is 1.56. The number of hydrogen-bond donors (Lipinski definition) is 1. The SMILES string of the molecule is Cc1ccc(NC(=O)N(C)C[C@H]2COc3ccccc3O2)cc1. The van der Waals surface area contributed by atoms with Crippen LogP contribution in [0.15, 0.2) is 48.5 Å². The van der Waals surface area contributed by atoms with Crippen molar-refractivity contribution < 1.29 is 14.3 Å². The molecule has 0 spiro atoms. The summed E-state index contributed by atoms with van der Waals surface area (Å²) >= 11 is 0. The first kappa shape index (κ1) is 15.2. The van der Waals surface area contributed by atoms with Gasteiger partial charge >= 0.3 is 6.03 Å². The smallest absolute Gasteiger partial charge is 0.321 e. The molecule has 120 valence electrons. The van der Waals surface area contributed by atoms with Crippen LogP contribution in [-0.4, -0.2) is 37.2 Å². The van der Waals surface area contributed by atoms with E-state index in [2.05, 4.69) is 5.32 Å². The van der Waals surface area contributed by atoms with Crippen molar-refractivity contribution in [1.82, 2.24) is 4.90 Å². The van der Waals surface area contributed by atoms with Crippen LogP contribution in [0.1, 0.15) is 5.56 Å². The molecule has 0 unspecified atom stereocenters. The molecule has 1 atom stereocenters. The highest BCUT2D eigenvalue weighted by atomic mass is 16.6. The highest BCUT2D eigenvalue weighted by molar-refractivity contribution is 5.89. The zero-order valence-electron chi connectivity index (χ0n) is 13.3. The number of para-hydroxylation sites is 2. The summed E-state index contributed by atoms with van der Waals surface area (Å²) in [6, 6.07) is 15.1. The van der Waals surface area contributed by atoms with Gasteiger partial charge in [0.25, 0.3) is 0 Å². The second kappa shape index (κ2) is 6.60. The van der Waals surface area contributed by atoms with Gasteiger partial charge in [-0.3, -0.25) is 0 Å². The van der Waals surface area contributed by atoms with Gasteiger partial charge in [-0.15, -0.1) is 0 Å². The van der Waals surface area contributed by atoms with Gasteiger partial charge in [0, 0.05) is 12.7 Å². The molecular weight excluding hydrogens is 292 g/mol. The molecule has 0 aromatic heterocycles. The lowest BCUT2D eigenvalue weighted by atomic mass is 10.2. The highest BCUT2D eigenvalue weighted by Crippen LogP contribution is 2.30. The maximum atomic E-state index is 12.2. The molecule has 5 nitrogen and oxygen atoms in total. The van der Waals surface area contributed by atoms with Gasteiger partial charge in [0.2, 0.25) is 0 Å². The Morgan fingerprint density at radius 1 is 1.17 bits per heavy atom. The standard InChI is InChI=1S/C18H20N2O3/c1-13-7-9-14(10-8-13)19-18(21)20(2)11-15-12-22-16-5-3-4-6-17(16)23-15/h3-10,15H,11-12H2,1-2H3,(H,19,21)/t15-/m0/s1. The number of nitrogens with zero attached hydrogens (tertiary/aromatic N) is 1. The first-order valence-corrected chi connectivity index (χ1v) is 7.59. The van der Waals surface area contributed by atoms with Gasteiger partial charge in [-0.05, 0) is 31.2 Å². The lowest BCUT2D eigenvalue weighted by Gasteiger charge is -2.29. The largest absolute Gasteiger partial charge is 0.486 e. The number of amides is 2. The molecule has 1 aliphatic rings. The van der Waals surface area contributed by atoms with E-state index in [-0.39, 0.29) is 12.1 Å². The number of aryl methyl sites for hydroxylation is 1. The number of hydrogen-bond acceptors (Lipinski definition) is 3. The van der Waals surface area contributed by atoms with Crippen molar-refractivity contribution in [3.05, 3.63) is 54.1 Å². The minimum atomic E-state index is -0.182. The molecule has 23 heavy (non-hydrogen) atoms. The number of likely N-dealkylation sites (N-methyl/N-ethyl adjacent to an activating group) is 1. The zero-order valence-corrected chi connectivity index (χ0v) is 13.3. The molecule has 0 radical (unpaired) electrons. The Morgan fingerprint density at radius 3 is 2.61 bits per heavy atom. The van der Waals surface area contributed by atoms with Crippen molar-refractivity contribution in [2.24, 2.45) is 0 Å². The van der Waals surface area contributed by atoms with Gasteiger partial charge in [-0.1, -0.05) is 29.8 Å². The quantitative estimate of drug-likeness (QED) is 0.946. The third kappa shape index (κ3) is 3.74. The van der Waals surface area contributed by atoms with Crippen LogP contribution in [0.3, 0.4) is 0 Å². The summed E-state index contributed by atoms with van der Waals surface area (Å²) in [5.74, 6) is 1.46. The number of carbonyl (C=O) groups is 1. The number of rotatable bonds is 3. The molecule has 0 fully saturated rings. The van der Waals surface area contributed by atoms with E-state index in [9.17, 15) is 4.79 Å². The molecule has 0 saturated heterocycles. The Bertz CT molecular complexity index is 685. The lowest BCUT2D eigenvalue weighted by molar-refractivity contribution is 0.0731. The van der Waals surface area contributed by atoms with Crippen LogP contribution in [0.2, 0.25) is 0 Å². The van der Waals surface area contributed by atoms with E-state index >= 15 is 0 Å². The summed E-state index contributed by atoms with van der Waals surface area (Å²) in [5.41, 5.74) is 1.93. The summed E-state index contributed by atoms with van der Waals surface area (Å²) < 4.78 is 11.5. The fourth-order valence-electron chi connectivity index (χ4n) is 2.40. The maximum absolute atomic E-state index is 12.2. The van der Waals surface area contributed by atoms with Gasteiger partial charge in [0.1, 0.15) is 6.61 Å². The fraction of sp³-hybridized carbons (Fsp3) is 0.278. The van der Waals surface area contributed by atoms with E-state index in [0.29, 0.717) is 13.2 Å². The van der Waals surface area contributed by atoms with Gasteiger partial charge in [-0.2, -0.15) is 0 Å². The number of urea groups is 1. The molecule has 1 aliphatic heterocycles. The summed E-state index contributed by atoms with van der Waals surface area (Å²) in [6.45, 7) is 2.89. The van der Waals surface area contributed by atoms with Crippen LogP contribution >= 0.6 is 0 Å². The average molecular weight is 312 g/mol. The first-order valence-electron chi connectivity index (χ1n) is 7.59. The fourth-order valence-corrected chi connectivity index (χ4v) is 2.40. The number of benzene rings is 2. The molecule has 0 aliphatic carbocycles. The summed E-state index contributed by atoms with van der Waals surface area (Å²) in [4.78, 5) is 13.8. The molecule has 2 aromatic carbocycles. The zero-order chi connectivity index (χ0) is 16.2. The number of ether oxygens (including phenoxy) is 2. The average Bonchev–Trinajstić information content (AvgIpc) is 2.56. The second-order valence-corrected chi connectivity index (χ2v) is 5.67. The molecule has 1 N–H and O–H groups in total. The van der Waals surface area contributed by atoms with Crippen LogP contribution < -0.4 is 14.8 Å². The van der Waals surface area contributed by atoms with Gasteiger partial charge in [-0.25, -0.2) is 4.79 Å². The van der Waals surface area contributed by atoms with Gasteiger partial charge in [0.05, 0.1) is 6.54 Å². The monoisotopic (exact) mass is 312 g/mol. The molecule has 2 amide bonds. The Hall–Kier alpha value is -2.69.